The van der Waals surface area contributed by atoms with Gasteiger partial charge in [-0.15, -0.1) is 0 Å². The molecule has 0 spiro atoms. The van der Waals surface area contributed by atoms with Gasteiger partial charge in [-0.25, -0.2) is 0 Å². The summed E-state index contributed by atoms with van der Waals surface area (Å²) in [7, 11) is 5.92. The van der Waals surface area contributed by atoms with Gasteiger partial charge in [-0.1, -0.05) is 0 Å². The minimum Gasteiger partial charge on any atom is -0.496 e. The number of methoxy groups -OCH3 is 1. The third-order valence-corrected chi connectivity index (χ3v) is 3.02. The zero-order valence-electron chi connectivity index (χ0n) is 11.0. The van der Waals surface area contributed by atoms with Gasteiger partial charge >= 0.3 is 0 Å². The fraction of sp³-hybridized carbons (Fsp3) is 0.429. The molecule has 2 aromatic rings. The highest BCUT2D eigenvalue weighted by Gasteiger charge is 2.10. The SMILES string of the molecule is COc1cc(C)cc2[nH]cc(CCN(C)C)c12. The topological polar surface area (TPSA) is 28.3 Å². The maximum Gasteiger partial charge on any atom is 0.128 e. The minimum atomic E-state index is 0.968. The molecule has 3 nitrogen and oxygen atoms in total. The number of aromatic amines is 1. The molecule has 0 fully saturated rings. The Bertz CT molecular complexity index is 514. The summed E-state index contributed by atoms with van der Waals surface area (Å²) in [5.41, 5.74) is 3.71. The first-order valence-electron chi connectivity index (χ1n) is 5.91. The number of likely N-dealkylation sites (N-methyl/N-ethyl adjacent to an activating group) is 1. The lowest BCUT2D eigenvalue weighted by atomic mass is 10.1. The van der Waals surface area contributed by atoms with Gasteiger partial charge < -0.3 is 14.6 Å². The largest absolute Gasteiger partial charge is 0.496 e. The molecule has 0 radical (unpaired) electrons. The molecule has 1 heterocycles. The van der Waals surface area contributed by atoms with Gasteiger partial charge in [0.1, 0.15) is 5.75 Å². The van der Waals surface area contributed by atoms with Crippen LogP contribution in [0.1, 0.15) is 11.1 Å². The first-order chi connectivity index (χ1) is 8.11. The van der Waals surface area contributed by atoms with Crippen LogP contribution in [0.5, 0.6) is 5.75 Å². The molecular weight excluding hydrogens is 212 g/mol. The van der Waals surface area contributed by atoms with Gasteiger partial charge in [0.15, 0.2) is 0 Å². The van der Waals surface area contributed by atoms with Crippen LogP contribution in [0.3, 0.4) is 0 Å². The van der Waals surface area contributed by atoms with E-state index in [1.54, 1.807) is 7.11 Å². The fourth-order valence-electron chi connectivity index (χ4n) is 2.14. The van der Waals surface area contributed by atoms with Crippen LogP contribution >= 0.6 is 0 Å². The predicted molar refractivity (Wildman–Crippen MR) is 71.8 cm³/mol. The first kappa shape index (κ1) is 12.0. The molecule has 0 amide bonds. The molecule has 92 valence electrons. The van der Waals surface area contributed by atoms with Crippen LogP contribution in [0.25, 0.3) is 10.9 Å². The van der Waals surface area contributed by atoms with Crippen molar-refractivity contribution < 1.29 is 4.74 Å². The second-order valence-corrected chi connectivity index (χ2v) is 4.76. The van der Waals surface area contributed by atoms with Crippen LogP contribution in [-0.2, 0) is 6.42 Å². The number of fused-ring (bicyclic) bond motifs is 1. The molecule has 0 saturated carbocycles. The maximum absolute atomic E-state index is 5.48. The zero-order valence-corrected chi connectivity index (χ0v) is 11.0. The van der Waals surface area contributed by atoms with Gasteiger partial charge in [0.2, 0.25) is 0 Å². The molecule has 0 unspecified atom stereocenters. The molecule has 0 saturated heterocycles. The zero-order chi connectivity index (χ0) is 12.4. The van der Waals surface area contributed by atoms with Crippen molar-refractivity contribution in [3.05, 3.63) is 29.5 Å². The molecule has 0 atom stereocenters. The Morgan fingerprint density at radius 1 is 1.29 bits per heavy atom. The van der Waals surface area contributed by atoms with E-state index >= 15 is 0 Å². The molecule has 0 aliphatic heterocycles. The monoisotopic (exact) mass is 232 g/mol. The van der Waals surface area contributed by atoms with Crippen LogP contribution in [0, 0.1) is 6.92 Å². The highest BCUT2D eigenvalue weighted by Crippen LogP contribution is 2.30. The van der Waals surface area contributed by atoms with Crippen molar-refractivity contribution in [3.63, 3.8) is 0 Å². The van der Waals surface area contributed by atoms with Crippen molar-refractivity contribution in [2.24, 2.45) is 0 Å². The van der Waals surface area contributed by atoms with E-state index in [9.17, 15) is 0 Å². The van der Waals surface area contributed by atoms with Gasteiger partial charge in [-0.2, -0.15) is 0 Å². The van der Waals surface area contributed by atoms with Crippen molar-refractivity contribution in [1.29, 1.82) is 0 Å². The lowest BCUT2D eigenvalue weighted by molar-refractivity contribution is 0.411. The normalized spacial score (nSPS) is 11.4. The van der Waals surface area contributed by atoms with E-state index in [0.29, 0.717) is 0 Å². The summed E-state index contributed by atoms with van der Waals surface area (Å²) in [6, 6.07) is 4.26. The number of benzene rings is 1. The molecule has 3 heteroatoms. The molecule has 1 aromatic heterocycles. The number of aromatic nitrogens is 1. The van der Waals surface area contributed by atoms with Crippen molar-refractivity contribution >= 4 is 10.9 Å². The summed E-state index contributed by atoms with van der Waals surface area (Å²) in [6.07, 6.45) is 3.13. The number of nitrogens with zero attached hydrogens (tertiary/aromatic N) is 1. The standard InChI is InChI=1S/C14H20N2O/c1-10-7-12-14(13(8-10)17-4)11(9-15-12)5-6-16(2)3/h7-9,15H,5-6H2,1-4H3. The van der Waals surface area contributed by atoms with Crippen molar-refractivity contribution in [1.82, 2.24) is 9.88 Å². The highest BCUT2D eigenvalue weighted by molar-refractivity contribution is 5.90. The fourth-order valence-corrected chi connectivity index (χ4v) is 2.14. The van der Waals surface area contributed by atoms with Crippen LogP contribution in [0.15, 0.2) is 18.3 Å². The van der Waals surface area contributed by atoms with Gasteiger partial charge in [-0.3, -0.25) is 0 Å². The van der Waals surface area contributed by atoms with Gasteiger partial charge in [0, 0.05) is 23.6 Å². The summed E-state index contributed by atoms with van der Waals surface area (Å²) < 4.78 is 5.48. The molecule has 17 heavy (non-hydrogen) atoms. The quantitative estimate of drug-likeness (QED) is 0.877. The predicted octanol–water partition coefficient (Wildman–Crippen LogP) is 2.59. The summed E-state index contributed by atoms with van der Waals surface area (Å²) >= 11 is 0. The van der Waals surface area contributed by atoms with Crippen LogP contribution in [0.4, 0.5) is 0 Å². The Kier molecular flexibility index (Phi) is 3.38. The average Bonchev–Trinajstić information content (AvgIpc) is 2.68. The maximum atomic E-state index is 5.48. The Morgan fingerprint density at radius 3 is 2.71 bits per heavy atom. The van der Waals surface area contributed by atoms with Crippen LogP contribution < -0.4 is 4.74 Å². The van der Waals surface area contributed by atoms with Crippen molar-refractivity contribution in [2.45, 2.75) is 13.3 Å². The molecule has 2 rings (SSSR count). The van der Waals surface area contributed by atoms with E-state index in [1.807, 2.05) is 0 Å². The third-order valence-electron chi connectivity index (χ3n) is 3.02. The molecule has 0 aliphatic rings. The van der Waals surface area contributed by atoms with E-state index < -0.39 is 0 Å². The molecular formula is C14H20N2O. The average molecular weight is 232 g/mol. The Labute approximate surface area is 102 Å². The van der Waals surface area contributed by atoms with Crippen molar-refractivity contribution in [3.8, 4) is 5.75 Å². The Balaban J connectivity index is 2.43. The summed E-state index contributed by atoms with van der Waals surface area (Å²) in [5.74, 6) is 0.968. The number of hydrogen-bond donors (Lipinski definition) is 1. The lowest BCUT2D eigenvalue weighted by Gasteiger charge is -2.10. The van der Waals surface area contributed by atoms with E-state index in [1.165, 1.54) is 16.5 Å². The summed E-state index contributed by atoms with van der Waals surface area (Å²) in [4.78, 5) is 5.52. The second kappa shape index (κ2) is 4.80. The van der Waals surface area contributed by atoms with Crippen LogP contribution in [-0.4, -0.2) is 37.6 Å². The number of nitrogens with one attached hydrogen (secondary N) is 1. The molecule has 1 N–H and O–H groups in total. The number of aryl methyl sites for hydroxylation is 1. The smallest absolute Gasteiger partial charge is 0.128 e. The highest BCUT2D eigenvalue weighted by atomic mass is 16.5. The van der Waals surface area contributed by atoms with Gasteiger partial charge in [0.05, 0.1) is 7.11 Å². The Hall–Kier alpha value is -1.48. The number of hydrogen-bond acceptors (Lipinski definition) is 2. The second-order valence-electron chi connectivity index (χ2n) is 4.76. The summed E-state index contributed by atoms with van der Waals surface area (Å²) in [6.45, 7) is 3.13. The van der Waals surface area contributed by atoms with E-state index in [0.717, 1.165) is 24.2 Å². The van der Waals surface area contributed by atoms with Gasteiger partial charge in [0.25, 0.3) is 0 Å². The van der Waals surface area contributed by atoms with E-state index in [-0.39, 0.29) is 0 Å². The molecule has 1 aromatic carbocycles. The van der Waals surface area contributed by atoms with Gasteiger partial charge in [-0.05, 0) is 50.7 Å². The lowest BCUT2D eigenvalue weighted by Crippen LogP contribution is -2.14. The van der Waals surface area contributed by atoms with Crippen LogP contribution in [0.2, 0.25) is 0 Å². The number of H-pyrrole nitrogens is 1. The number of rotatable bonds is 4. The molecule has 0 aliphatic carbocycles. The van der Waals surface area contributed by atoms with E-state index in [2.05, 4.69) is 49.2 Å². The first-order valence-corrected chi connectivity index (χ1v) is 5.91. The Morgan fingerprint density at radius 2 is 2.06 bits per heavy atom. The van der Waals surface area contributed by atoms with E-state index in [4.69, 9.17) is 4.74 Å². The third kappa shape index (κ3) is 2.44. The number of ether oxygens (including phenoxy) is 1. The minimum absolute atomic E-state index is 0.968. The summed E-state index contributed by atoms with van der Waals surface area (Å²) in [5, 5.41) is 1.22. The van der Waals surface area contributed by atoms with Crippen molar-refractivity contribution in [2.75, 3.05) is 27.7 Å². The molecule has 0 bridgehead atoms.